The van der Waals surface area contributed by atoms with E-state index in [0.717, 1.165) is 21.6 Å². The molecular weight excluding hydrogens is 1000 g/mol. The highest BCUT2D eigenvalue weighted by molar-refractivity contribution is 8.76. The maximum Gasteiger partial charge on any atom is 0.246 e. The minimum absolute atomic E-state index is 0.0128. The molecule has 0 aliphatic carbocycles. The molecule has 0 aromatic heterocycles. The van der Waals surface area contributed by atoms with Crippen LogP contribution in [-0.4, -0.2) is 154 Å². The fourth-order valence-corrected chi connectivity index (χ4v) is 9.93. The monoisotopic (exact) mass is 1070 g/mol. The van der Waals surface area contributed by atoms with Crippen LogP contribution in [0.5, 0.6) is 5.75 Å². The molecule has 26 nitrogen and oxygen atoms in total. The van der Waals surface area contributed by atoms with Crippen LogP contribution < -0.4 is 65.9 Å². The van der Waals surface area contributed by atoms with E-state index in [9.17, 15) is 57.8 Å². The van der Waals surface area contributed by atoms with Crippen molar-refractivity contribution in [3.8, 4) is 5.75 Å². The van der Waals surface area contributed by atoms with Crippen molar-refractivity contribution in [3.05, 3.63) is 65.7 Å². The van der Waals surface area contributed by atoms with Crippen molar-refractivity contribution in [2.24, 2.45) is 33.7 Å². The second kappa shape index (κ2) is 29.8. The number of amides is 11. The molecule has 0 bridgehead atoms. The van der Waals surface area contributed by atoms with Crippen molar-refractivity contribution >= 4 is 92.5 Å². The number of carbonyl (C=O) groups excluding carboxylic acids is 11. The lowest BCUT2D eigenvalue weighted by atomic mass is 10.0. The van der Waals surface area contributed by atoms with E-state index >= 15 is 0 Å². The van der Waals surface area contributed by atoms with Gasteiger partial charge in [-0.2, -0.15) is 0 Å². The van der Waals surface area contributed by atoms with E-state index in [0.29, 0.717) is 17.5 Å². The molecule has 74 heavy (non-hydrogen) atoms. The van der Waals surface area contributed by atoms with Crippen LogP contribution in [0.4, 0.5) is 0 Å². The molecule has 2 fully saturated rings. The number of nitrogens with one attached hydrogen (secondary N) is 7. The number of guanidine groups is 1. The van der Waals surface area contributed by atoms with Crippen LogP contribution in [0, 0.1) is 0 Å². The molecule has 18 N–H and O–H groups in total. The van der Waals surface area contributed by atoms with Gasteiger partial charge >= 0.3 is 0 Å². The van der Waals surface area contributed by atoms with E-state index < -0.39 is 133 Å². The van der Waals surface area contributed by atoms with Crippen LogP contribution in [0.3, 0.4) is 0 Å². The summed E-state index contributed by atoms with van der Waals surface area (Å²) in [6.07, 6.45) is -1.34. The van der Waals surface area contributed by atoms with Crippen LogP contribution in [0.15, 0.2) is 59.6 Å². The number of aliphatic imine (C=N–C) groups is 1. The predicted molar refractivity (Wildman–Crippen MR) is 272 cm³/mol. The normalized spacial score (nSPS) is 21.7. The molecule has 4 rings (SSSR count). The number of phenolic OH excluding ortho intramolecular Hbond substituents is 1. The summed E-state index contributed by atoms with van der Waals surface area (Å²) in [7, 11) is 2.19. The fourth-order valence-electron chi connectivity index (χ4n) is 7.78. The summed E-state index contributed by atoms with van der Waals surface area (Å²) in [4.78, 5) is 153. The van der Waals surface area contributed by atoms with Crippen LogP contribution in [0.1, 0.15) is 62.5 Å². The number of aromatic hydroxyl groups is 1. The molecule has 0 radical (unpaired) electrons. The summed E-state index contributed by atoms with van der Waals surface area (Å²) >= 11 is 0. The van der Waals surface area contributed by atoms with Crippen molar-refractivity contribution < 1.29 is 57.8 Å². The average molecular weight is 1070 g/mol. The third-order valence-electron chi connectivity index (χ3n) is 11.5. The quantitative estimate of drug-likeness (QED) is 0.0274. The van der Waals surface area contributed by atoms with E-state index in [1.165, 1.54) is 17.0 Å². The van der Waals surface area contributed by atoms with E-state index in [-0.39, 0.29) is 74.8 Å². The number of hydrogen-bond donors (Lipinski definition) is 13. The first-order valence-corrected chi connectivity index (χ1v) is 26.0. The molecule has 0 saturated carbocycles. The predicted octanol–water partition coefficient (Wildman–Crippen LogP) is -4.34. The zero-order valence-electron chi connectivity index (χ0n) is 40.4. The Kier molecular flexibility index (Phi) is 23.7. The Morgan fingerprint density at radius 1 is 0.730 bits per heavy atom. The van der Waals surface area contributed by atoms with Gasteiger partial charge in [-0.05, 0) is 55.4 Å². The van der Waals surface area contributed by atoms with Crippen LogP contribution in [-0.2, 0) is 65.6 Å². The van der Waals surface area contributed by atoms with Crippen LogP contribution >= 0.6 is 21.6 Å². The van der Waals surface area contributed by atoms with Gasteiger partial charge in [-0.15, -0.1) is 0 Å². The lowest BCUT2D eigenvalue weighted by Crippen LogP contribution is -2.61. The highest BCUT2D eigenvalue weighted by atomic mass is 33.1. The van der Waals surface area contributed by atoms with E-state index in [2.05, 4.69) is 42.2 Å². The number of hydrogen-bond acceptors (Lipinski definition) is 15. The molecule has 2 saturated heterocycles. The van der Waals surface area contributed by atoms with Gasteiger partial charge in [0.2, 0.25) is 65.0 Å². The molecule has 11 amide bonds. The van der Waals surface area contributed by atoms with Crippen molar-refractivity contribution in [1.29, 1.82) is 0 Å². The first-order chi connectivity index (χ1) is 35.2. The third kappa shape index (κ3) is 20.1. The molecule has 2 aromatic carbocycles. The van der Waals surface area contributed by atoms with Gasteiger partial charge in [0.1, 0.15) is 48.0 Å². The van der Waals surface area contributed by atoms with Crippen LogP contribution in [0.25, 0.3) is 0 Å². The van der Waals surface area contributed by atoms with E-state index in [4.69, 9.17) is 28.7 Å². The summed E-state index contributed by atoms with van der Waals surface area (Å²) < 4.78 is 0. The SMILES string of the molecule is NC(=O)CC[C@@H]1NC(=O)[C@H](Cc2ccccc2)NC(=O)[C@H](Cc2ccc(O)cc2)NC(=O)CCSSCC(C(=O)N2CCC[C@H]2C(=O)N[C@H](CCCN=C(N)N)C(=O)NCC(N)=O)NC(=O)[C@H](CC(N)=O)NC1=O. The zero-order chi connectivity index (χ0) is 54.3. The summed E-state index contributed by atoms with van der Waals surface area (Å²) in [6, 6.07) is 4.52. The van der Waals surface area contributed by atoms with Gasteiger partial charge in [-0.1, -0.05) is 64.1 Å². The van der Waals surface area contributed by atoms with Gasteiger partial charge in [0, 0.05) is 50.3 Å². The van der Waals surface area contributed by atoms with E-state index in [1.54, 1.807) is 42.5 Å². The molecule has 1 unspecified atom stereocenters. The summed E-state index contributed by atoms with van der Waals surface area (Å²) in [5, 5.41) is 27.8. The molecule has 2 heterocycles. The summed E-state index contributed by atoms with van der Waals surface area (Å²) in [5.74, 6) is -9.75. The lowest BCUT2D eigenvalue weighted by molar-refractivity contribution is -0.142. The minimum atomic E-state index is -1.77. The summed E-state index contributed by atoms with van der Waals surface area (Å²) in [6.45, 7) is -0.402. The number of likely N-dealkylation sites (tertiary alicyclic amines) is 1. The fraction of sp³-hybridized carbons (Fsp3) is 0.478. The molecule has 2 aliphatic rings. The minimum Gasteiger partial charge on any atom is -0.508 e. The standard InChI is InChI=1S/C46H64N14O12S2/c47-35(62)15-14-29-40(67)58-32(22-36(48)63)43(70)59-33(45(72)60-18-5-9-34(60)44(71)56-28(8-4-17-52-46(50)51)39(66)53-23-37(49)64)24-74-73-19-16-38(65)54-30(21-26-10-12-27(61)13-11-26)41(68)57-31(42(69)55-29)20-25-6-2-1-3-7-25/h1-3,6-7,10-13,28-34,61H,4-5,8-9,14-24H2,(H2,47,62)(H2,48,63)(H2,49,64)(H,53,66)(H,54,65)(H,55,69)(H,56,71)(H,57,68)(H,58,67)(H,59,70)(H4,50,51,52)/t28-,29+,30+,31+,32+,33?,34+/m1/s1. The largest absolute Gasteiger partial charge is 0.508 e. The number of nitrogens with zero attached hydrogens (tertiary/aromatic N) is 2. The molecule has 7 atom stereocenters. The number of phenols is 1. The van der Waals surface area contributed by atoms with Crippen LogP contribution in [0.2, 0.25) is 0 Å². The van der Waals surface area contributed by atoms with Gasteiger partial charge in [-0.25, -0.2) is 0 Å². The number of rotatable bonds is 19. The molecular formula is C46H64N14O12S2. The van der Waals surface area contributed by atoms with Gasteiger partial charge in [-0.3, -0.25) is 57.7 Å². The maximum absolute atomic E-state index is 14.6. The molecule has 2 aliphatic heterocycles. The number of primary amides is 3. The maximum atomic E-state index is 14.6. The molecule has 2 aromatic rings. The first-order valence-electron chi connectivity index (χ1n) is 23.6. The average Bonchev–Trinajstić information content (AvgIpc) is 3.85. The van der Waals surface area contributed by atoms with Gasteiger partial charge < -0.3 is 75.9 Å². The second-order valence-electron chi connectivity index (χ2n) is 17.3. The third-order valence-corrected chi connectivity index (χ3v) is 13.9. The van der Waals surface area contributed by atoms with Gasteiger partial charge in [0.05, 0.1) is 13.0 Å². The van der Waals surface area contributed by atoms with Gasteiger partial charge in [0.25, 0.3) is 0 Å². The molecule has 28 heteroatoms. The highest BCUT2D eigenvalue weighted by Gasteiger charge is 2.40. The Labute approximate surface area is 433 Å². The van der Waals surface area contributed by atoms with Crippen molar-refractivity contribution in [1.82, 2.24) is 42.1 Å². The Morgan fingerprint density at radius 2 is 1.34 bits per heavy atom. The topological polar surface area (TPSA) is 438 Å². The first kappa shape index (κ1) is 58.9. The molecule has 0 spiro atoms. The Morgan fingerprint density at radius 3 is 1.97 bits per heavy atom. The summed E-state index contributed by atoms with van der Waals surface area (Å²) in [5.41, 5.74) is 28.1. The van der Waals surface area contributed by atoms with Crippen molar-refractivity contribution in [2.45, 2.75) is 107 Å². The number of benzene rings is 2. The molecule has 402 valence electrons. The Balaban J connectivity index is 1.68. The van der Waals surface area contributed by atoms with E-state index in [1.807, 2.05) is 0 Å². The number of nitrogens with two attached hydrogens (primary N) is 5. The zero-order valence-corrected chi connectivity index (χ0v) is 42.0. The second-order valence-corrected chi connectivity index (χ2v) is 20.0. The number of carbonyl (C=O) groups is 11. The van der Waals surface area contributed by atoms with Gasteiger partial charge in [0.15, 0.2) is 5.96 Å². The lowest BCUT2D eigenvalue weighted by Gasteiger charge is -2.31. The van der Waals surface area contributed by atoms with Crippen molar-refractivity contribution in [2.75, 3.05) is 31.1 Å². The van der Waals surface area contributed by atoms with Crippen molar-refractivity contribution in [3.63, 3.8) is 0 Å². The highest BCUT2D eigenvalue weighted by Crippen LogP contribution is 2.26. The smallest absolute Gasteiger partial charge is 0.246 e. The Bertz CT molecular complexity index is 2380. The Hall–Kier alpha value is -7.62.